The maximum absolute atomic E-state index is 5.47. The molecule has 0 unspecified atom stereocenters. The lowest BCUT2D eigenvalue weighted by molar-refractivity contribution is 0.918. The molecule has 12 N–H and O–H groups in total. The van der Waals surface area contributed by atoms with Crippen LogP contribution in [-0.4, -0.2) is 49.1 Å². The van der Waals surface area contributed by atoms with Crippen LogP contribution in [0, 0.1) is 0 Å². The van der Waals surface area contributed by atoms with Gasteiger partial charge in [0, 0.05) is 0 Å². The molecule has 0 saturated carbocycles. The molecule has 4 aromatic heterocycles. The van der Waals surface area contributed by atoms with E-state index in [4.69, 9.17) is 34.4 Å². The van der Waals surface area contributed by atoms with Crippen molar-refractivity contribution in [1.29, 1.82) is 0 Å². The predicted molar refractivity (Wildman–Crippen MR) is 83.6 cm³/mol. The van der Waals surface area contributed by atoms with Crippen molar-refractivity contribution in [3.63, 3.8) is 0 Å². The summed E-state index contributed by atoms with van der Waals surface area (Å²) < 4.78 is 2.52. The standard InChI is InChI=1S/2C4H6N8/c5-1-8-3(7)12-4(9-1)10-2(6)11-12;5-1-8-2(6)12-3(7)10-11-4(12)9-1/h(H6,5,6,7,8,9,10,11);(H2,7,10)(H4,5,6,8,9,11). The van der Waals surface area contributed by atoms with E-state index < -0.39 is 0 Å². The zero-order valence-corrected chi connectivity index (χ0v) is 11.9. The molecule has 4 heterocycles. The lowest BCUT2D eigenvalue weighted by Crippen LogP contribution is -2.07. The quantitative estimate of drug-likeness (QED) is 0.182. The lowest BCUT2D eigenvalue weighted by Gasteiger charge is -1.98. The fourth-order valence-electron chi connectivity index (χ4n) is 1.71. The van der Waals surface area contributed by atoms with Crippen molar-refractivity contribution in [3.8, 4) is 0 Å². The number of anilines is 6. The first-order chi connectivity index (χ1) is 11.3. The molecule has 0 radical (unpaired) electrons. The molecule has 16 heteroatoms. The van der Waals surface area contributed by atoms with E-state index in [0.717, 1.165) is 0 Å². The third-order valence-corrected chi connectivity index (χ3v) is 2.61. The Bertz CT molecular complexity index is 1020. The minimum Gasteiger partial charge on any atom is -0.369 e. The third-order valence-electron chi connectivity index (χ3n) is 2.61. The van der Waals surface area contributed by atoms with Gasteiger partial charge >= 0.3 is 0 Å². The van der Waals surface area contributed by atoms with E-state index in [1.165, 1.54) is 8.92 Å². The van der Waals surface area contributed by atoms with Crippen LogP contribution in [0.5, 0.6) is 0 Å². The monoisotopic (exact) mass is 332 g/mol. The average Bonchev–Trinajstić information content (AvgIpc) is 3.02. The SMILES string of the molecule is Nc1nc(N)n2c(N)nnc2n1.Nc1nc(N)n2nc(N)nc2n1. The highest BCUT2D eigenvalue weighted by Gasteiger charge is 2.07. The number of nitrogens with zero attached hydrogens (tertiary/aromatic N) is 10. The smallest absolute Gasteiger partial charge is 0.262 e. The Balaban J connectivity index is 0.000000141. The number of aromatic nitrogens is 10. The first-order valence-electron chi connectivity index (χ1n) is 6.16. The van der Waals surface area contributed by atoms with Crippen LogP contribution in [0.25, 0.3) is 11.6 Å². The molecule has 0 aliphatic heterocycles. The Morgan fingerprint density at radius 2 is 1.12 bits per heavy atom. The van der Waals surface area contributed by atoms with Crippen LogP contribution >= 0.6 is 0 Å². The molecule has 0 fully saturated rings. The number of nitrogen functional groups attached to an aromatic ring is 6. The number of rotatable bonds is 0. The summed E-state index contributed by atoms with van der Waals surface area (Å²) in [5.74, 6) is 1.06. The number of hydrogen-bond acceptors (Lipinski definition) is 14. The van der Waals surface area contributed by atoms with Crippen LogP contribution in [0.15, 0.2) is 0 Å². The minimum atomic E-state index is 0.0485. The molecule has 4 aromatic rings. The fourth-order valence-corrected chi connectivity index (χ4v) is 1.71. The number of fused-ring (bicyclic) bond motifs is 2. The van der Waals surface area contributed by atoms with Gasteiger partial charge in [0.25, 0.3) is 11.6 Å². The first-order valence-corrected chi connectivity index (χ1v) is 6.16. The molecular weight excluding hydrogens is 320 g/mol. The van der Waals surface area contributed by atoms with Gasteiger partial charge in [0.2, 0.25) is 35.7 Å². The summed E-state index contributed by atoms with van der Waals surface area (Å²) in [7, 11) is 0. The highest BCUT2D eigenvalue weighted by Crippen LogP contribution is 2.08. The second-order valence-corrected chi connectivity index (χ2v) is 4.26. The van der Waals surface area contributed by atoms with E-state index in [9.17, 15) is 0 Å². The summed E-state index contributed by atoms with van der Waals surface area (Å²) in [4.78, 5) is 18.6. The average molecular weight is 332 g/mol. The molecule has 0 amide bonds. The Kier molecular flexibility index (Phi) is 3.18. The summed E-state index contributed by atoms with van der Waals surface area (Å²) >= 11 is 0. The summed E-state index contributed by atoms with van der Waals surface area (Å²) in [6.45, 7) is 0. The highest BCUT2D eigenvalue weighted by molar-refractivity contribution is 5.46. The van der Waals surface area contributed by atoms with Crippen molar-refractivity contribution in [2.75, 3.05) is 34.4 Å². The maximum Gasteiger partial charge on any atom is 0.262 e. The van der Waals surface area contributed by atoms with Crippen molar-refractivity contribution >= 4 is 47.2 Å². The molecule has 0 saturated heterocycles. The van der Waals surface area contributed by atoms with Gasteiger partial charge in [-0.25, -0.2) is 4.40 Å². The highest BCUT2D eigenvalue weighted by atomic mass is 15.4. The van der Waals surface area contributed by atoms with Crippen molar-refractivity contribution < 1.29 is 0 Å². The van der Waals surface area contributed by atoms with Gasteiger partial charge in [-0.1, -0.05) is 0 Å². The first kappa shape index (κ1) is 14.7. The van der Waals surface area contributed by atoms with Crippen LogP contribution in [0.3, 0.4) is 0 Å². The Labute approximate surface area is 131 Å². The molecule has 0 atom stereocenters. The molecule has 124 valence electrons. The summed E-state index contributed by atoms with van der Waals surface area (Å²) in [6.07, 6.45) is 0. The Hall–Kier alpha value is -4.24. The molecule has 16 nitrogen and oxygen atoms in total. The number of hydrogen-bond donors (Lipinski definition) is 6. The van der Waals surface area contributed by atoms with E-state index in [0.29, 0.717) is 0 Å². The molecule has 0 bridgehead atoms. The van der Waals surface area contributed by atoms with Gasteiger partial charge < -0.3 is 34.4 Å². The van der Waals surface area contributed by atoms with E-state index in [1.54, 1.807) is 0 Å². The lowest BCUT2D eigenvalue weighted by atomic mass is 10.8. The van der Waals surface area contributed by atoms with E-state index in [1.807, 2.05) is 0 Å². The van der Waals surface area contributed by atoms with E-state index in [2.05, 4.69) is 40.2 Å². The molecule has 0 aliphatic rings. The van der Waals surface area contributed by atoms with E-state index >= 15 is 0 Å². The van der Waals surface area contributed by atoms with Crippen LogP contribution in [0.4, 0.5) is 35.7 Å². The van der Waals surface area contributed by atoms with Crippen LogP contribution in [0.1, 0.15) is 0 Å². The van der Waals surface area contributed by atoms with Gasteiger partial charge in [-0.15, -0.1) is 15.3 Å². The Morgan fingerprint density at radius 1 is 0.542 bits per heavy atom. The van der Waals surface area contributed by atoms with Crippen LogP contribution < -0.4 is 34.4 Å². The molecule has 0 spiro atoms. The summed E-state index contributed by atoms with van der Waals surface area (Å²) in [6, 6.07) is 0. The van der Waals surface area contributed by atoms with Crippen molar-refractivity contribution in [1.82, 2.24) is 49.1 Å². The van der Waals surface area contributed by atoms with E-state index in [-0.39, 0.29) is 47.2 Å². The molecule has 4 rings (SSSR count). The summed E-state index contributed by atoms with van der Waals surface area (Å²) in [5.41, 5.74) is 32.3. The second-order valence-electron chi connectivity index (χ2n) is 4.26. The maximum atomic E-state index is 5.47. The third kappa shape index (κ3) is 2.49. The van der Waals surface area contributed by atoms with Crippen molar-refractivity contribution in [3.05, 3.63) is 0 Å². The largest absolute Gasteiger partial charge is 0.369 e. The molecule has 24 heavy (non-hydrogen) atoms. The zero-order valence-electron chi connectivity index (χ0n) is 11.9. The van der Waals surface area contributed by atoms with Crippen molar-refractivity contribution in [2.24, 2.45) is 0 Å². The topological polar surface area (TPSA) is 268 Å². The summed E-state index contributed by atoms with van der Waals surface area (Å²) in [5, 5.41) is 10.9. The van der Waals surface area contributed by atoms with Crippen LogP contribution in [0.2, 0.25) is 0 Å². The van der Waals surface area contributed by atoms with Gasteiger partial charge in [0.15, 0.2) is 0 Å². The Morgan fingerprint density at radius 3 is 1.83 bits per heavy atom. The second kappa shape index (κ2) is 5.19. The van der Waals surface area contributed by atoms with Crippen molar-refractivity contribution in [2.45, 2.75) is 0 Å². The van der Waals surface area contributed by atoms with Gasteiger partial charge in [-0.05, 0) is 0 Å². The normalized spacial score (nSPS) is 10.7. The van der Waals surface area contributed by atoms with Gasteiger partial charge in [-0.2, -0.15) is 29.4 Å². The minimum absolute atomic E-state index is 0.0485. The molecule has 0 aromatic carbocycles. The number of nitrogens with two attached hydrogens (primary N) is 6. The predicted octanol–water partition coefficient (Wildman–Crippen LogP) is -3.47. The molecular formula is C8H12N16. The van der Waals surface area contributed by atoms with Gasteiger partial charge in [0.05, 0.1) is 0 Å². The van der Waals surface area contributed by atoms with Crippen LogP contribution in [-0.2, 0) is 0 Å². The fraction of sp³-hybridized carbons (Fsp3) is 0. The zero-order chi connectivity index (χ0) is 17.4. The molecule has 0 aliphatic carbocycles. The van der Waals surface area contributed by atoms with Gasteiger partial charge in [0.1, 0.15) is 0 Å². The van der Waals surface area contributed by atoms with Gasteiger partial charge in [-0.3, -0.25) is 0 Å².